The van der Waals surface area contributed by atoms with Crippen LogP contribution in [-0.4, -0.2) is 29.2 Å². The predicted octanol–water partition coefficient (Wildman–Crippen LogP) is 2.68. The SMILES string of the molecule is CCNC(=NCc1ccn[nH]1)NCCC1CCCC(C)C1. The van der Waals surface area contributed by atoms with Gasteiger partial charge in [0, 0.05) is 19.3 Å². The van der Waals surface area contributed by atoms with E-state index in [0.717, 1.165) is 36.6 Å². The molecule has 1 fully saturated rings. The molecule has 5 nitrogen and oxygen atoms in total. The quantitative estimate of drug-likeness (QED) is 0.558. The fraction of sp³-hybridized carbons (Fsp3) is 0.750. The van der Waals surface area contributed by atoms with Crippen LogP contribution in [-0.2, 0) is 6.54 Å². The Hall–Kier alpha value is -1.52. The Bertz CT molecular complexity index is 412. The predicted molar refractivity (Wildman–Crippen MR) is 87.1 cm³/mol. The van der Waals surface area contributed by atoms with E-state index in [1.807, 2.05) is 6.07 Å². The maximum Gasteiger partial charge on any atom is 0.191 e. The zero-order chi connectivity index (χ0) is 14.9. The van der Waals surface area contributed by atoms with Gasteiger partial charge >= 0.3 is 0 Å². The Morgan fingerprint density at radius 3 is 3.05 bits per heavy atom. The monoisotopic (exact) mass is 291 g/mol. The number of guanidine groups is 1. The lowest BCUT2D eigenvalue weighted by Crippen LogP contribution is -2.38. The van der Waals surface area contributed by atoms with E-state index in [2.05, 4.69) is 39.7 Å². The lowest BCUT2D eigenvalue weighted by molar-refractivity contribution is 0.270. The van der Waals surface area contributed by atoms with Gasteiger partial charge in [-0.05, 0) is 37.7 Å². The third kappa shape index (κ3) is 5.78. The van der Waals surface area contributed by atoms with Crippen molar-refractivity contribution in [3.63, 3.8) is 0 Å². The number of aromatic nitrogens is 2. The Labute approximate surface area is 128 Å². The number of hydrogen-bond donors (Lipinski definition) is 3. The summed E-state index contributed by atoms with van der Waals surface area (Å²) in [5.74, 6) is 2.69. The van der Waals surface area contributed by atoms with E-state index in [1.54, 1.807) is 6.20 Å². The molecule has 0 aromatic carbocycles. The molecule has 3 N–H and O–H groups in total. The molecule has 2 atom stereocenters. The Kier molecular flexibility index (Phi) is 6.57. The first-order valence-electron chi connectivity index (χ1n) is 8.28. The molecule has 1 aliphatic carbocycles. The molecule has 118 valence electrons. The number of rotatable bonds is 6. The van der Waals surface area contributed by atoms with Crippen molar-refractivity contribution in [3.05, 3.63) is 18.0 Å². The first-order valence-corrected chi connectivity index (χ1v) is 8.28. The average Bonchev–Trinajstić information content (AvgIpc) is 2.98. The lowest BCUT2D eigenvalue weighted by atomic mass is 9.81. The largest absolute Gasteiger partial charge is 0.357 e. The van der Waals surface area contributed by atoms with Crippen LogP contribution in [0.15, 0.2) is 17.3 Å². The smallest absolute Gasteiger partial charge is 0.191 e. The standard InChI is InChI=1S/C16H29N5/c1-3-17-16(19-12-15-8-10-20-21-15)18-9-7-14-6-4-5-13(2)11-14/h8,10,13-14H,3-7,9,11-12H2,1-2H3,(H,20,21)(H2,17,18,19). The maximum absolute atomic E-state index is 4.58. The average molecular weight is 291 g/mol. The van der Waals surface area contributed by atoms with Gasteiger partial charge in [-0.1, -0.05) is 26.2 Å². The minimum Gasteiger partial charge on any atom is -0.357 e. The summed E-state index contributed by atoms with van der Waals surface area (Å²) in [5.41, 5.74) is 1.04. The van der Waals surface area contributed by atoms with Gasteiger partial charge in [0.1, 0.15) is 0 Å². The van der Waals surface area contributed by atoms with Crippen LogP contribution in [0.2, 0.25) is 0 Å². The molecule has 1 heterocycles. The Balaban J connectivity index is 1.73. The number of nitrogens with one attached hydrogen (secondary N) is 3. The highest BCUT2D eigenvalue weighted by Crippen LogP contribution is 2.30. The molecule has 0 bridgehead atoms. The minimum absolute atomic E-state index is 0.635. The summed E-state index contributed by atoms with van der Waals surface area (Å²) >= 11 is 0. The molecule has 0 radical (unpaired) electrons. The van der Waals surface area contributed by atoms with Crippen LogP contribution >= 0.6 is 0 Å². The topological polar surface area (TPSA) is 65.1 Å². The van der Waals surface area contributed by atoms with Crippen LogP contribution in [0.1, 0.15) is 51.6 Å². The highest BCUT2D eigenvalue weighted by Gasteiger charge is 2.18. The molecule has 1 aliphatic rings. The number of nitrogens with zero attached hydrogens (tertiary/aromatic N) is 2. The molecular formula is C16H29N5. The van der Waals surface area contributed by atoms with Gasteiger partial charge in [-0.2, -0.15) is 5.10 Å². The van der Waals surface area contributed by atoms with Gasteiger partial charge in [0.15, 0.2) is 5.96 Å². The molecular weight excluding hydrogens is 262 g/mol. The van der Waals surface area contributed by atoms with E-state index in [1.165, 1.54) is 32.1 Å². The van der Waals surface area contributed by atoms with Crippen LogP contribution in [0.3, 0.4) is 0 Å². The van der Waals surface area contributed by atoms with Crippen molar-refractivity contribution in [2.24, 2.45) is 16.8 Å². The number of H-pyrrole nitrogens is 1. The zero-order valence-electron chi connectivity index (χ0n) is 13.4. The molecule has 5 heteroatoms. The zero-order valence-corrected chi connectivity index (χ0v) is 13.4. The van der Waals surface area contributed by atoms with E-state index in [4.69, 9.17) is 0 Å². The van der Waals surface area contributed by atoms with Gasteiger partial charge in [0.2, 0.25) is 0 Å². The van der Waals surface area contributed by atoms with Crippen LogP contribution in [0, 0.1) is 11.8 Å². The molecule has 2 unspecified atom stereocenters. The molecule has 1 aromatic rings. The fourth-order valence-corrected chi connectivity index (χ4v) is 3.10. The minimum atomic E-state index is 0.635. The van der Waals surface area contributed by atoms with Gasteiger partial charge in [-0.15, -0.1) is 0 Å². The molecule has 1 aromatic heterocycles. The summed E-state index contributed by atoms with van der Waals surface area (Å²) in [5, 5.41) is 13.6. The normalized spacial score (nSPS) is 23.0. The molecule has 0 saturated heterocycles. The first kappa shape index (κ1) is 15.9. The Morgan fingerprint density at radius 2 is 2.33 bits per heavy atom. The molecule has 1 saturated carbocycles. The van der Waals surface area contributed by atoms with Gasteiger partial charge in [0.25, 0.3) is 0 Å². The first-order chi connectivity index (χ1) is 10.3. The van der Waals surface area contributed by atoms with Crippen LogP contribution in [0.5, 0.6) is 0 Å². The third-order valence-electron chi connectivity index (χ3n) is 4.20. The summed E-state index contributed by atoms with van der Waals surface area (Å²) in [7, 11) is 0. The Morgan fingerprint density at radius 1 is 1.43 bits per heavy atom. The maximum atomic E-state index is 4.58. The van der Waals surface area contributed by atoms with E-state index in [9.17, 15) is 0 Å². The second-order valence-corrected chi connectivity index (χ2v) is 6.13. The van der Waals surface area contributed by atoms with Crippen LogP contribution in [0.4, 0.5) is 0 Å². The van der Waals surface area contributed by atoms with Crippen LogP contribution in [0.25, 0.3) is 0 Å². The van der Waals surface area contributed by atoms with Crippen molar-refractivity contribution in [3.8, 4) is 0 Å². The van der Waals surface area contributed by atoms with Crippen molar-refractivity contribution < 1.29 is 0 Å². The van der Waals surface area contributed by atoms with Crippen molar-refractivity contribution in [2.45, 2.75) is 52.5 Å². The van der Waals surface area contributed by atoms with Gasteiger partial charge < -0.3 is 10.6 Å². The van der Waals surface area contributed by atoms with Crippen molar-refractivity contribution >= 4 is 5.96 Å². The number of aromatic amines is 1. The highest BCUT2D eigenvalue weighted by atomic mass is 15.2. The second kappa shape index (κ2) is 8.70. The van der Waals surface area contributed by atoms with E-state index >= 15 is 0 Å². The molecule has 21 heavy (non-hydrogen) atoms. The van der Waals surface area contributed by atoms with Gasteiger partial charge in [-0.3, -0.25) is 5.10 Å². The molecule has 0 amide bonds. The summed E-state index contributed by atoms with van der Waals surface area (Å²) in [6, 6.07) is 1.95. The third-order valence-corrected chi connectivity index (χ3v) is 4.20. The van der Waals surface area contributed by atoms with E-state index < -0.39 is 0 Å². The lowest BCUT2D eigenvalue weighted by Gasteiger charge is -2.26. The summed E-state index contributed by atoms with van der Waals surface area (Å²) in [6.07, 6.45) is 8.61. The molecule has 0 spiro atoms. The van der Waals surface area contributed by atoms with Gasteiger partial charge in [-0.25, -0.2) is 4.99 Å². The van der Waals surface area contributed by atoms with E-state index in [0.29, 0.717) is 6.54 Å². The van der Waals surface area contributed by atoms with Crippen molar-refractivity contribution in [2.75, 3.05) is 13.1 Å². The number of aliphatic imine (C=N–C) groups is 1. The molecule has 2 rings (SSSR count). The summed E-state index contributed by atoms with van der Waals surface area (Å²) in [6.45, 7) is 7.00. The van der Waals surface area contributed by atoms with Gasteiger partial charge in [0.05, 0.1) is 12.2 Å². The van der Waals surface area contributed by atoms with E-state index in [-0.39, 0.29) is 0 Å². The highest BCUT2D eigenvalue weighted by molar-refractivity contribution is 5.79. The van der Waals surface area contributed by atoms with Crippen molar-refractivity contribution in [1.29, 1.82) is 0 Å². The second-order valence-electron chi connectivity index (χ2n) is 6.13. The van der Waals surface area contributed by atoms with Crippen molar-refractivity contribution in [1.82, 2.24) is 20.8 Å². The summed E-state index contributed by atoms with van der Waals surface area (Å²) in [4.78, 5) is 4.58. The summed E-state index contributed by atoms with van der Waals surface area (Å²) < 4.78 is 0. The fourth-order valence-electron chi connectivity index (χ4n) is 3.10. The number of hydrogen-bond acceptors (Lipinski definition) is 2. The van der Waals surface area contributed by atoms with Crippen LogP contribution < -0.4 is 10.6 Å². The molecule has 0 aliphatic heterocycles.